The Morgan fingerprint density at radius 2 is 1.76 bits per heavy atom. The fraction of sp³-hybridized carbons (Fsp3) is 0.417. The molecule has 1 aliphatic carbocycles. The predicted octanol–water partition coefficient (Wildman–Crippen LogP) is 3.38. The molecule has 0 heterocycles. The summed E-state index contributed by atoms with van der Waals surface area (Å²) in [6.45, 7) is 1.39. The lowest BCUT2D eigenvalue weighted by atomic mass is 10.1. The number of alkyl halides is 3. The van der Waals surface area contributed by atoms with Crippen molar-refractivity contribution in [2.75, 3.05) is 4.90 Å². The number of carbonyl (C=O) groups is 1. The minimum atomic E-state index is -4.36. The number of ketones is 1. The minimum absolute atomic E-state index is 0.102. The molecule has 0 aromatic heterocycles. The van der Waals surface area contributed by atoms with E-state index in [1.165, 1.54) is 31.2 Å². The quantitative estimate of drug-likeness (QED) is 0.599. The highest BCUT2D eigenvalue weighted by molar-refractivity contribution is 5.94. The maximum Gasteiger partial charge on any atom is 0.485 e. The van der Waals surface area contributed by atoms with E-state index >= 15 is 0 Å². The molecule has 1 saturated carbocycles. The fourth-order valence-electron chi connectivity index (χ4n) is 1.75. The zero-order chi connectivity index (χ0) is 12.6. The van der Waals surface area contributed by atoms with Crippen LogP contribution in [0.5, 0.6) is 0 Å². The minimum Gasteiger partial charge on any atom is -0.295 e. The third-order valence-electron chi connectivity index (χ3n) is 2.74. The van der Waals surface area contributed by atoms with Gasteiger partial charge in [-0.3, -0.25) is 9.69 Å². The van der Waals surface area contributed by atoms with E-state index in [-0.39, 0.29) is 11.5 Å². The van der Waals surface area contributed by atoms with Crippen LogP contribution >= 0.6 is 0 Å². The van der Waals surface area contributed by atoms with E-state index in [9.17, 15) is 18.0 Å². The Morgan fingerprint density at radius 1 is 1.24 bits per heavy atom. The first-order valence-corrected chi connectivity index (χ1v) is 5.36. The molecule has 2 nitrogen and oxygen atoms in total. The molecule has 0 unspecified atom stereocenters. The maximum atomic E-state index is 12.8. The molecule has 0 spiro atoms. The average Bonchev–Trinajstić information content (AvgIpc) is 3.01. The third kappa shape index (κ3) is 2.60. The number of hydrogen-bond acceptors (Lipinski definition) is 2. The lowest BCUT2D eigenvalue weighted by molar-refractivity contribution is -0.130. The van der Waals surface area contributed by atoms with E-state index in [4.69, 9.17) is 0 Å². The summed E-state index contributed by atoms with van der Waals surface area (Å²) >= 11 is 0. The van der Waals surface area contributed by atoms with E-state index in [0.717, 1.165) is 0 Å². The SMILES string of the molecule is CC(=O)c1ccc(N(C2CC2)C(F)(F)F)cc1. The number of hydrogen-bond donors (Lipinski definition) is 0. The van der Waals surface area contributed by atoms with Gasteiger partial charge in [0.1, 0.15) is 0 Å². The molecule has 17 heavy (non-hydrogen) atoms. The number of anilines is 1. The molecule has 1 fully saturated rings. The van der Waals surface area contributed by atoms with Gasteiger partial charge in [-0.2, -0.15) is 13.2 Å². The Bertz CT molecular complexity index is 420. The molecule has 1 aromatic carbocycles. The smallest absolute Gasteiger partial charge is 0.295 e. The Morgan fingerprint density at radius 3 is 2.12 bits per heavy atom. The van der Waals surface area contributed by atoms with Gasteiger partial charge in [0.15, 0.2) is 5.78 Å². The molecule has 0 saturated heterocycles. The van der Waals surface area contributed by atoms with Crippen LogP contribution in [0.4, 0.5) is 18.9 Å². The van der Waals surface area contributed by atoms with Gasteiger partial charge in [-0.1, -0.05) is 0 Å². The lowest BCUT2D eigenvalue weighted by Gasteiger charge is -2.27. The first kappa shape index (κ1) is 12.0. The van der Waals surface area contributed by atoms with Crippen LogP contribution in [0.1, 0.15) is 30.1 Å². The van der Waals surface area contributed by atoms with Crippen molar-refractivity contribution in [1.29, 1.82) is 0 Å². The summed E-state index contributed by atoms with van der Waals surface area (Å²) in [6.07, 6.45) is -3.24. The summed E-state index contributed by atoms with van der Waals surface area (Å²) in [7, 11) is 0. The topological polar surface area (TPSA) is 20.3 Å². The molecule has 0 bridgehead atoms. The van der Waals surface area contributed by atoms with Crippen LogP contribution in [-0.4, -0.2) is 18.1 Å². The number of rotatable bonds is 3. The highest BCUT2D eigenvalue weighted by Gasteiger charge is 2.46. The number of nitrogens with zero attached hydrogens (tertiary/aromatic N) is 1. The van der Waals surface area contributed by atoms with Gasteiger partial charge in [0.05, 0.1) is 0 Å². The Kier molecular flexibility index (Phi) is 2.85. The van der Waals surface area contributed by atoms with Gasteiger partial charge in [0, 0.05) is 17.3 Å². The van der Waals surface area contributed by atoms with Crippen LogP contribution in [0, 0.1) is 0 Å². The monoisotopic (exact) mass is 243 g/mol. The van der Waals surface area contributed by atoms with E-state index in [1.54, 1.807) is 0 Å². The normalized spacial score (nSPS) is 15.8. The molecule has 0 N–H and O–H groups in total. The molecule has 0 amide bonds. The number of halogens is 3. The van der Waals surface area contributed by atoms with Crippen molar-refractivity contribution in [2.45, 2.75) is 32.1 Å². The summed E-state index contributed by atoms with van der Waals surface area (Å²) < 4.78 is 38.4. The van der Waals surface area contributed by atoms with Crippen LogP contribution in [0.2, 0.25) is 0 Å². The van der Waals surface area contributed by atoms with Gasteiger partial charge < -0.3 is 0 Å². The lowest BCUT2D eigenvalue weighted by Crippen LogP contribution is -2.39. The second-order valence-electron chi connectivity index (χ2n) is 4.17. The Balaban J connectivity index is 2.28. The first-order chi connectivity index (χ1) is 7.89. The van der Waals surface area contributed by atoms with Gasteiger partial charge in [0.2, 0.25) is 0 Å². The summed E-state index contributed by atoms with van der Waals surface area (Å²) in [5.74, 6) is -0.151. The summed E-state index contributed by atoms with van der Waals surface area (Å²) in [6, 6.07) is 5.11. The average molecular weight is 243 g/mol. The highest BCUT2D eigenvalue weighted by atomic mass is 19.4. The molecular formula is C12H12F3NO. The molecular weight excluding hydrogens is 231 g/mol. The summed E-state index contributed by atoms with van der Waals surface area (Å²) in [5, 5.41) is 0. The van der Waals surface area contributed by atoms with Crippen LogP contribution < -0.4 is 4.90 Å². The standard InChI is InChI=1S/C12H12F3NO/c1-8(17)9-2-4-10(5-3-9)16(11-6-7-11)12(13,14)15/h2-5,11H,6-7H2,1H3. The molecule has 5 heteroatoms. The van der Waals surface area contributed by atoms with Crippen LogP contribution in [0.15, 0.2) is 24.3 Å². The van der Waals surface area contributed by atoms with Crippen molar-refractivity contribution in [1.82, 2.24) is 0 Å². The molecule has 1 aromatic rings. The zero-order valence-electron chi connectivity index (χ0n) is 9.29. The molecule has 0 radical (unpaired) electrons. The second-order valence-corrected chi connectivity index (χ2v) is 4.17. The van der Waals surface area contributed by atoms with Gasteiger partial charge in [-0.15, -0.1) is 0 Å². The predicted molar refractivity (Wildman–Crippen MR) is 58.0 cm³/mol. The van der Waals surface area contributed by atoms with Gasteiger partial charge in [-0.05, 0) is 44.0 Å². The van der Waals surface area contributed by atoms with E-state index in [1.807, 2.05) is 0 Å². The van der Waals surface area contributed by atoms with Crippen LogP contribution in [-0.2, 0) is 0 Å². The van der Waals surface area contributed by atoms with Crippen molar-refractivity contribution < 1.29 is 18.0 Å². The second kappa shape index (κ2) is 4.05. The van der Waals surface area contributed by atoms with Crippen molar-refractivity contribution >= 4 is 11.5 Å². The van der Waals surface area contributed by atoms with Crippen molar-refractivity contribution in [2.24, 2.45) is 0 Å². The Labute approximate surface area is 97.0 Å². The first-order valence-electron chi connectivity index (χ1n) is 5.36. The number of benzene rings is 1. The highest BCUT2D eigenvalue weighted by Crippen LogP contribution is 2.39. The van der Waals surface area contributed by atoms with Crippen molar-refractivity contribution in [3.8, 4) is 0 Å². The molecule has 0 atom stereocenters. The van der Waals surface area contributed by atoms with Crippen molar-refractivity contribution in [3.05, 3.63) is 29.8 Å². The molecule has 2 rings (SSSR count). The molecule has 0 aliphatic heterocycles. The van der Waals surface area contributed by atoms with E-state index in [0.29, 0.717) is 23.3 Å². The molecule has 1 aliphatic rings. The summed E-state index contributed by atoms with van der Waals surface area (Å²) in [5.41, 5.74) is 0.525. The van der Waals surface area contributed by atoms with Crippen LogP contribution in [0.25, 0.3) is 0 Å². The van der Waals surface area contributed by atoms with Gasteiger partial charge in [0.25, 0.3) is 0 Å². The maximum absolute atomic E-state index is 12.8. The fourth-order valence-corrected chi connectivity index (χ4v) is 1.75. The van der Waals surface area contributed by atoms with E-state index < -0.39 is 12.3 Å². The zero-order valence-corrected chi connectivity index (χ0v) is 9.29. The largest absolute Gasteiger partial charge is 0.485 e. The van der Waals surface area contributed by atoms with Gasteiger partial charge in [-0.25, -0.2) is 0 Å². The van der Waals surface area contributed by atoms with Crippen molar-refractivity contribution in [3.63, 3.8) is 0 Å². The summed E-state index contributed by atoms with van der Waals surface area (Å²) in [4.78, 5) is 11.5. The van der Waals surface area contributed by atoms with E-state index in [2.05, 4.69) is 0 Å². The number of carbonyl (C=O) groups excluding carboxylic acids is 1. The Hall–Kier alpha value is -1.52. The van der Waals surface area contributed by atoms with Crippen LogP contribution in [0.3, 0.4) is 0 Å². The molecule has 92 valence electrons. The van der Waals surface area contributed by atoms with Gasteiger partial charge >= 0.3 is 6.30 Å². The third-order valence-corrected chi connectivity index (χ3v) is 2.74. The number of Topliss-reactive ketones (excluding diaryl/α,β-unsaturated/α-hetero) is 1.